The molecule has 1 saturated heterocycles. The molecule has 1 fully saturated rings. The van der Waals surface area contributed by atoms with Gasteiger partial charge in [0.15, 0.2) is 0 Å². The molecule has 10 heteroatoms. The fraction of sp³-hybridized carbons (Fsp3) is 0.750. The molecule has 0 saturated carbocycles. The van der Waals surface area contributed by atoms with E-state index in [1.54, 1.807) is 25.7 Å². The van der Waals surface area contributed by atoms with Crippen molar-refractivity contribution in [2.45, 2.75) is 77.8 Å². The summed E-state index contributed by atoms with van der Waals surface area (Å²) >= 11 is 0. The average molecular weight is 442 g/mol. The standard InChI is InChI=1S/C20H35N5O4S/c1-6-10-24(11-7-2)30(28,29)20-15(3)22-25(16(20)4)14-19(27)21-18-8-12-23(13-9-18)17(5)26/h18H,6-14H2,1-5H3,(H,21,27). The molecule has 2 amide bonds. The molecule has 0 bridgehead atoms. The van der Waals surface area contributed by atoms with Gasteiger partial charge in [-0.2, -0.15) is 9.40 Å². The fourth-order valence-electron chi connectivity index (χ4n) is 3.94. The summed E-state index contributed by atoms with van der Waals surface area (Å²) in [7, 11) is -3.66. The van der Waals surface area contributed by atoms with Crippen LogP contribution in [0.25, 0.3) is 0 Å². The summed E-state index contributed by atoms with van der Waals surface area (Å²) in [5.41, 5.74) is 0.888. The molecule has 0 unspecified atom stereocenters. The van der Waals surface area contributed by atoms with E-state index in [1.165, 1.54) is 8.99 Å². The molecular formula is C20H35N5O4S. The molecule has 170 valence electrons. The van der Waals surface area contributed by atoms with Gasteiger partial charge >= 0.3 is 0 Å². The SMILES string of the molecule is CCCN(CCC)S(=O)(=O)c1c(C)nn(CC(=O)NC2CCN(C(C)=O)CC2)c1C. The van der Waals surface area contributed by atoms with Gasteiger partial charge in [0.25, 0.3) is 0 Å². The molecule has 9 nitrogen and oxygen atoms in total. The Kier molecular flexibility index (Phi) is 8.42. The number of carbonyl (C=O) groups is 2. The highest BCUT2D eigenvalue weighted by molar-refractivity contribution is 7.89. The van der Waals surface area contributed by atoms with Gasteiger partial charge in [0.2, 0.25) is 21.8 Å². The predicted octanol–water partition coefficient (Wildman–Crippen LogP) is 1.44. The second-order valence-corrected chi connectivity index (χ2v) is 9.78. The van der Waals surface area contributed by atoms with Crippen molar-refractivity contribution in [2.75, 3.05) is 26.2 Å². The molecule has 0 radical (unpaired) electrons. The number of sulfonamides is 1. The summed E-state index contributed by atoms with van der Waals surface area (Å²) in [6.07, 6.45) is 2.89. The van der Waals surface area contributed by atoms with Crippen LogP contribution in [0.4, 0.5) is 0 Å². The zero-order chi connectivity index (χ0) is 22.5. The Morgan fingerprint density at radius 3 is 2.20 bits per heavy atom. The van der Waals surface area contributed by atoms with E-state index >= 15 is 0 Å². The van der Waals surface area contributed by atoms with Gasteiger partial charge in [0, 0.05) is 39.1 Å². The van der Waals surface area contributed by atoms with Gasteiger partial charge in [-0.3, -0.25) is 14.3 Å². The molecule has 2 rings (SSSR count). The Labute approximate surface area is 179 Å². The van der Waals surface area contributed by atoms with Crippen molar-refractivity contribution in [1.29, 1.82) is 0 Å². The van der Waals surface area contributed by atoms with Crippen LogP contribution < -0.4 is 5.32 Å². The maximum absolute atomic E-state index is 13.2. The Morgan fingerprint density at radius 1 is 1.13 bits per heavy atom. The predicted molar refractivity (Wildman–Crippen MR) is 114 cm³/mol. The van der Waals surface area contributed by atoms with E-state index in [1.807, 2.05) is 13.8 Å². The number of aryl methyl sites for hydroxylation is 1. The summed E-state index contributed by atoms with van der Waals surface area (Å²) in [4.78, 5) is 25.9. The third kappa shape index (κ3) is 5.60. The lowest BCUT2D eigenvalue weighted by Gasteiger charge is -2.31. The van der Waals surface area contributed by atoms with E-state index in [0.717, 1.165) is 12.8 Å². The Morgan fingerprint density at radius 2 is 1.70 bits per heavy atom. The van der Waals surface area contributed by atoms with Gasteiger partial charge in [-0.15, -0.1) is 0 Å². The van der Waals surface area contributed by atoms with Crippen LogP contribution in [0.1, 0.15) is 57.8 Å². The first-order chi connectivity index (χ1) is 14.1. The molecule has 0 atom stereocenters. The number of piperidine rings is 1. The number of hydrogen-bond acceptors (Lipinski definition) is 5. The molecule has 2 heterocycles. The second-order valence-electron chi connectivity index (χ2n) is 7.91. The number of carbonyl (C=O) groups excluding carboxylic acids is 2. The zero-order valence-corrected chi connectivity index (χ0v) is 19.6. The van der Waals surface area contributed by atoms with Crippen LogP contribution in [0.15, 0.2) is 4.90 Å². The normalized spacial score (nSPS) is 15.6. The maximum Gasteiger partial charge on any atom is 0.246 e. The first-order valence-electron chi connectivity index (χ1n) is 10.7. The number of rotatable bonds is 9. The van der Waals surface area contributed by atoms with E-state index in [9.17, 15) is 18.0 Å². The fourth-order valence-corrected chi connectivity index (χ4v) is 5.93. The van der Waals surface area contributed by atoms with Gasteiger partial charge in [-0.25, -0.2) is 8.42 Å². The second kappa shape index (κ2) is 10.4. The lowest BCUT2D eigenvalue weighted by atomic mass is 10.1. The van der Waals surface area contributed by atoms with Crippen LogP contribution in [-0.2, 0) is 26.2 Å². The van der Waals surface area contributed by atoms with Gasteiger partial charge < -0.3 is 10.2 Å². The van der Waals surface area contributed by atoms with Crippen molar-refractivity contribution in [3.63, 3.8) is 0 Å². The van der Waals surface area contributed by atoms with Gasteiger partial charge in [-0.1, -0.05) is 13.8 Å². The number of amides is 2. The third-order valence-electron chi connectivity index (χ3n) is 5.46. The molecule has 0 aliphatic carbocycles. The van der Waals surface area contributed by atoms with Crippen LogP contribution in [0.2, 0.25) is 0 Å². The maximum atomic E-state index is 13.2. The van der Waals surface area contributed by atoms with Crippen molar-refractivity contribution in [3.05, 3.63) is 11.4 Å². The number of nitrogens with zero attached hydrogens (tertiary/aromatic N) is 4. The minimum Gasteiger partial charge on any atom is -0.352 e. The van der Waals surface area contributed by atoms with E-state index in [2.05, 4.69) is 10.4 Å². The minimum absolute atomic E-state index is 0.0119. The molecule has 1 aliphatic heterocycles. The van der Waals surface area contributed by atoms with Gasteiger partial charge in [-0.05, 0) is 39.5 Å². The van der Waals surface area contributed by atoms with Crippen LogP contribution in [-0.4, -0.2) is 71.4 Å². The Hall–Kier alpha value is -1.94. The van der Waals surface area contributed by atoms with E-state index in [0.29, 0.717) is 50.4 Å². The van der Waals surface area contributed by atoms with Crippen molar-refractivity contribution < 1.29 is 18.0 Å². The minimum atomic E-state index is -3.66. The summed E-state index contributed by atoms with van der Waals surface area (Å²) in [6.45, 7) is 11.0. The monoisotopic (exact) mass is 441 g/mol. The first-order valence-corrected chi connectivity index (χ1v) is 12.1. The topological polar surface area (TPSA) is 105 Å². The average Bonchev–Trinajstić information content (AvgIpc) is 2.95. The van der Waals surface area contributed by atoms with Crippen LogP contribution >= 0.6 is 0 Å². The molecular weight excluding hydrogens is 406 g/mol. The molecule has 1 aromatic heterocycles. The van der Waals surface area contributed by atoms with Crippen molar-refractivity contribution in [3.8, 4) is 0 Å². The quantitative estimate of drug-likeness (QED) is 0.624. The van der Waals surface area contributed by atoms with E-state index in [4.69, 9.17) is 0 Å². The summed E-state index contributed by atoms with van der Waals surface area (Å²) < 4.78 is 29.4. The number of likely N-dealkylation sites (tertiary alicyclic amines) is 1. The molecule has 1 N–H and O–H groups in total. The third-order valence-corrected chi connectivity index (χ3v) is 7.61. The summed E-state index contributed by atoms with van der Waals surface area (Å²) in [6, 6.07) is 0.0119. The molecule has 0 spiro atoms. The molecule has 30 heavy (non-hydrogen) atoms. The highest BCUT2D eigenvalue weighted by Crippen LogP contribution is 2.24. The lowest BCUT2D eigenvalue weighted by molar-refractivity contribution is -0.130. The molecule has 0 aromatic carbocycles. The van der Waals surface area contributed by atoms with Gasteiger partial charge in [0.1, 0.15) is 11.4 Å². The molecule has 1 aromatic rings. The summed E-state index contributed by atoms with van der Waals surface area (Å²) in [5, 5.41) is 7.33. The van der Waals surface area contributed by atoms with Crippen LogP contribution in [0.3, 0.4) is 0 Å². The smallest absolute Gasteiger partial charge is 0.246 e. The van der Waals surface area contributed by atoms with E-state index in [-0.39, 0.29) is 29.3 Å². The highest BCUT2D eigenvalue weighted by atomic mass is 32.2. The number of nitrogens with one attached hydrogen (secondary N) is 1. The first kappa shape index (κ1) is 24.3. The largest absolute Gasteiger partial charge is 0.352 e. The highest BCUT2D eigenvalue weighted by Gasteiger charge is 2.30. The summed E-state index contributed by atoms with van der Waals surface area (Å²) in [5.74, 6) is -0.152. The van der Waals surface area contributed by atoms with Crippen LogP contribution in [0, 0.1) is 13.8 Å². The lowest BCUT2D eigenvalue weighted by Crippen LogP contribution is -2.46. The Balaban J connectivity index is 2.10. The Bertz CT molecular complexity index is 851. The zero-order valence-electron chi connectivity index (χ0n) is 18.8. The van der Waals surface area contributed by atoms with Crippen molar-refractivity contribution >= 4 is 21.8 Å². The van der Waals surface area contributed by atoms with E-state index < -0.39 is 10.0 Å². The van der Waals surface area contributed by atoms with Crippen LogP contribution in [0.5, 0.6) is 0 Å². The number of aromatic nitrogens is 2. The van der Waals surface area contributed by atoms with Gasteiger partial charge in [0.05, 0.1) is 11.4 Å². The van der Waals surface area contributed by atoms with Crippen molar-refractivity contribution in [2.24, 2.45) is 0 Å². The van der Waals surface area contributed by atoms with Crippen molar-refractivity contribution in [1.82, 2.24) is 24.3 Å². The number of hydrogen-bond donors (Lipinski definition) is 1. The molecule has 1 aliphatic rings.